The Morgan fingerprint density at radius 2 is 1.14 bits per heavy atom. The monoisotopic (exact) mass is 843 g/mol. The van der Waals surface area contributed by atoms with Crippen LogP contribution in [0.2, 0.25) is 0 Å². The van der Waals surface area contributed by atoms with Crippen molar-refractivity contribution in [2.45, 2.75) is 12.8 Å². The molecule has 0 spiro atoms. The molecule has 0 saturated carbocycles. The van der Waals surface area contributed by atoms with Crippen molar-refractivity contribution in [1.82, 2.24) is 5.32 Å². The van der Waals surface area contributed by atoms with Crippen LogP contribution in [0.15, 0.2) is 34.3 Å². The zero-order valence-electron chi connectivity index (χ0n) is 15.5. The quantitative estimate of drug-likeness (QED) is 0.170. The van der Waals surface area contributed by atoms with Crippen LogP contribution in [0.3, 0.4) is 0 Å². The average molecular weight is 843 g/mol. The lowest BCUT2D eigenvalue weighted by Gasteiger charge is -2.04. The molecule has 0 saturated heterocycles. The fourth-order valence-corrected chi connectivity index (χ4v) is 6.19. The summed E-state index contributed by atoms with van der Waals surface area (Å²) < 4.78 is 3.85. The molecule has 0 aliphatic heterocycles. The molecule has 0 aromatic heterocycles. The first-order valence-electron chi connectivity index (χ1n) is 8.95. The van der Waals surface area contributed by atoms with Crippen molar-refractivity contribution < 1.29 is 10.2 Å². The predicted molar refractivity (Wildman–Crippen MR) is 154 cm³/mol. The van der Waals surface area contributed by atoms with Crippen molar-refractivity contribution in [3.63, 3.8) is 0 Å². The lowest BCUT2D eigenvalue weighted by molar-refractivity contribution is 0.470. The van der Waals surface area contributed by atoms with Crippen molar-refractivity contribution in [2.75, 3.05) is 26.2 Å². The molecule has 5 nitrogen and oxygen atoms in total. The van der Waals surface area contributed by atoms with E-state index in [2.05, 4.69) is 106 Å². The van der Waals surface area contributed by atoms with Gasteiger partial charge in [0.05, 0.1) is 7.14 Å². The molecule has 0 fully saturated rings. The minimum absolute atomic E-state index is 0.293. The lowest BCUT2D eigenvalue weighted by Crippen LogP contribution is -2.18. The minimum atomic E-state index is 0.293. The summed E-state index contributed by atoms with van der Waals surface area (Å²) in [4.78, 5) is 8.82. The SMILES string of the molecule is Oc1c(I)cc(I)cc1C=NCCCNCCCN=Cc1cc(I)cc(I)c1O. The molecule has 0 bridgehead atoms. The Hall–Kier alpha value is 0.260. The number of nitrogens with zero attached hydrogens (tertiary/aromatic N) is 2. The molecule has 0 heterocycles. The van der Waals surface area contributed by atoms with Gasteiger partial charge < -0.3 is 15.5 Å². The van der Waals surface area contributed by atoms with Gasteiger partial charge in [-0.15, -0.1) is 0 Å². The number of aromatic hydroxyl groups is 2. The van der Waals surface area contributed by atoms with E-state index in [1.54, 1.807) is 12.4 Å². The van der Waals surface area contributed by atoms with Gasteiger partial charge in [-0.3, -0.25) is 9.98 Å². The summed E-state index contributed by atoms with van der Waals surface area (Å²) in [5, 5.41) is 23.5. The van der Waals surface area contributed by atoms with Crippen LogP contribution in [-0.2, 0) is 0 Å². The standard InChI is InChI=1S/C20H21I4N3O2/c21-15-7-13(19(28)17(23)9-15)11-26-5-1-3-25-4-2-6-27-12-14-8-16(22)10-18(24)20(14)29/h7-12,25,28-29H,1-6H2. The van der Waals surface area contributed by atoms with E-state index in [1.807, 2.05) is 24.3 Å². The van der Waals surface area contributed by atoms with Crippen LogP contribution < -0.4 is 5.32 Å². The second-order valence-electron chi connectivity index (χ2n) is 6.18. The summed E-state index contributed by atoms with van der Waals surface area (Å²) in [6.07, 6.45) is 5.37. The lowest BCUT2D eigenvalue weighted by atomic mass is 10.2. The van der Waals surface area contributed by atoms with Crippen molar-refractivity contribution in [1.29, 1.82) is 0 Å². The van der Waals surface area contributed by atoms with Gasteiger partial charge in [0.25, 0.3) is 0 Å². The van der Waals surface area contributed by atoms with E-state index < -0.39 is 0 Å². The number of hydrogen-bond acceptors (Lipinski definition) is 5. The predicted octanol–water partition coefficient (Wildman–Crippen LogP) is 5.42. The number of halogens is 4. The third-order valence-corrected chi connectivity index (χ3v) is 6.75. The van der Waals surface area contributed by atoms with Crippen molar-refractivity contribution >= 4 is 103 Å². The Labute approximate surface area is 225 Å². The van der Waals surface area contributed by atoms with Gasteiger partial charge in [0.15, 0.2) is 0 Å². The molecule has 0 amide bonds. The van der Waals surface area contributed by atoms with Crippen LogP contribution in [-0.4, -0.2) is 48.8 Å². The number of aliphatic imine (C=N–C) groups is 2. The summed E-state index contributed by atoms with van der Waals surface area (Å²) in [5.74, 6) is 0.586. The molecular weight excluding hydrogens is 822 g/mol. The smallest absolute Gasteiger partial charge is 0.137 e. The molecule has 29 heavy (non-hydrogen) atoms. The van der Waals surface area contributed by atoms with E-state index in [4.69, 9.17) is 0 Å². The highest BCUT2D eigenvalue weighted by atomic mass is 127. The number of benzene rings is 2. The molecule has 0 aliphatic rings. The Morgan fingerprint density at radius 3 is 1.55 bits per heavy atom. The van der Waals surface area contributed by atoms with Crippen LogP contribution in [0, 0.1) is 14.3 Å². The van der Waals surface area contributed by atoms with E-state index in [9.17, 15) is 10.2 Å². The van der Waals surface area contributed by atoms with Gasteiger partial charge in [0, 0.05) is 43.8 Å². The first-order valence-corrected chi connectivity index (χ1v) is 13.3. The van der Waals surface area contributed by atoms with E-state index in [0.29, 0.717) is 11.5 Å². The summed E-state index contributed by atoms with van der Waals surface area (Å²) in [7, 11) is 0. The Kier molecular flexibility index (Phi) is 12.0. The highest BCUT2D eigenvalue weighted by Crippen LogP contribution is 2.26. The highest BCUT2D eigenvalue weighted by molar-refractivity contribution is 14.1. The molecule has 3 N–H and O–H groups in total. The van der Waals surface area contributed by atoms with E-state index in [0.717, 1.165) is 64.4 Å². The van der Waals surface area contributed by atoms with Crippen molar-refractivity contribution in [3.8, 4) is 11.5 Å². The van der Waals surface area contributed by atoms with Crippen LogP contribution in [0.4, 0.5) is 0 Å². The Balaban J connectivity index is 1.60. The van der Waals surface area contributed by atoms with E-state index in [1.165, 1.54) is 0 Å². The fourth-order valence-electron chi connectivity index (χ4n) is 2.41. The zero-order valence-corrected chi connectivity index (χ0v) is 24.1. The topological polar surface area (TPSA) is 77.2 Å². The molecule has 156 valence electrons. The van der Waals surface area contributed by atoms with Gasteiger partial charge in [-0.25, -0.2) is 0 Å². The molecule has 9 heteroatoms. The number of phenols is 2. The minimum Gasteiger partial charge on any atom is -0.506 e. The van der Waals surface area contributed by atoms with Crippen LogP contribution in [0.1, 0.15) is 24.0 Å². The first kappa shape index (κ1) is 25.5. The van der Waals surface area contributed by atoms with Crippen LogP contribution in [0.5, 0.6) is 11.5 Å². The van der Waals surface area contributed by atoms with Gasteiger partial charge in [0.2, 0.25) is 0 Å². The summed E-state index contributed by atoms with van der Waals surface area (Å²) >= 11 is 8.73. The summed E-state index contributed by atoms with van der Waals surface area (Å²) in [6.45, 7) is 3.23. The average Bonchev–Trinajstić information content (AvgIpc) is 2.67. The molecule has 0 aliphatic carbocycles. The molecule has 2 rings (SSSR count). The maximum atomic E-state index is 10.0. The van der Waals surface area contributed by atoms with Crippen LogP contribution in [0.25, 0.3) is 0 Å². The van der Waals surface area contributed by atoms with Gasteiger partial charge in [-0.2, -0.15) is 0 Å². The Morgan fingerprint density at radius 1 is 0.724 bits per heavy atom. The van der Waals surface area contributed by atoms with Gasteiger partial charge in [-0.1, -0.05) is 0 Å². The third-order valence-electron chi connectivity index (χ3n) is 3.86. The Bertz CT molecular complexity index is 817. The number of hydrogen-bond donors (Lipinski definition) is 3. The van der Waals surface area contributed by atoms with Gasteiger partial charge in [-0.05, 0) is 141 Å². The molecule has 0 radical (unpaired) electrons. The van der Waals surface area contributed by atoms with Crippen molar-refractivity contribution in [3.05, 3.63) is 49.7 Å². The van der Waals surface area contributed by atoms with E-state index in [-0.39, 0.29) is 0 Å². The maximum absolute atomic E-state index is 10.0. The largest absolute Gasteiger partial charge is 0.506 e. The zero-order chi connectivity index (χ0) is 21.2. The summed E-state index contributed by atoms with van der Waals surface area (Å²) in [6, 6.07) is 7.73. The van der Waals surface area contributed by atoms with Crippen LogP contribution >= 0.6 is 90.4 Å². The molecule has 0 atom stereocenters. The van der Waals surface area contributed by atoms with Gasteiger partial charge in [0.1, 0.15) is 11.5 Å². The molecule has 2 aromatic rings. The first-order chi connectivity index (χ1) is 13.9. The third kappa shape index (κ3) is 9.11. The fraction of sp³-hybridized carbons (Fsp3) is 0.300. The number of rotatable bonds is 10. The highest BCUT2D eigenvalue weighted by Gasteiger charge is 2.05. The second-order valence-corrected chi connectivity index (χ2v) is 11.0. The maximum Gasteiger partial charge on any atom is 0.137 e. The van der Waals surface area contributed by atoms with Gasteiger partial charge >= 0.3 is 0 Å². The second kappa shape index (κ2) is 13.6. The number of phenolic OH excluding ortho intramolecular Hbond substituents is 2. The summed E-state index contributed by atoms with van der Waals surface area (Å²) in [5.41, 5.74) is 1.53. The number of nitrogens with one attached hydrogen (secondary N) is 1. The normalized spacial score (nSPS) is 11.7. The van der Waals surface area contributed by atoms with Crippen molar-refractivity contribution in [2.24, 2.45) is 9.98 Å². The molecular formula is C20H21I4N3O2. The molecule has 0 unspecified atom stereocenters. The van der Waals surface area contributed by atoms with E-state index >= 15 is 0 Å². The molecule has 2 aromatic carbocycles.